The highest BCUT2D eigenvalue weighted by Crippen LogP contribution is 2.73. The Balaban J connectivity index is 1.36. The molecule has 3 saturated carbocycles. The van der Waals surface area contributed by atoms with Gasteiger partial charge < -0.3 is 19.6 Å². The number of rotatable bonds is 7. The molecule has 1 saturated heterocycles. The summed E-state index contributed by atoms with van der Waals surface area (Å²) in [5.74, 6) is 1.67. The molecule has 184 valence electrons. The molecule has 1 aliphatic heterocycles. The fraction of sp³-hybridized carbons (Fsp3) is 0.517. The average Bonchev–Trinajstić information content (AvgIpc) is 3.26. The van der Waals surface area contributed by atoms with Crippen LogP contribution in [-0.2, 0) is 11.0 Å². The molecule has 1 atom stereocenters. The lowest BCUT2D eigenvalue weighted by Crippen LogP contribution is -2.66. The first kappa shape index (κ1) is 22.9. The number of benzene rings is 2. The summed E-state index contributed by atoms with van der Waals surface area (Å²) < 4.78 is 5.70. The second kappa shape index (κ2) is 7.48. The first-order valence-electron chi connectivity index (χ1n) is 12.7. The molecule has 35 heavy (non-hydrogen) atoms. The molecule has 2 N–H and O–H groups in total. The third-order valence-corrected chi connectivity index (χ3v) is 9.00. The highest BCUT2D eigenvalue weighted by Gasteiger charge is 2.70. The van der Waals surface area contributed by atoms with Crippen LogP contribution in [0.4, 0.5) is 0 Å². The first-order valence-corrected chi connectivity index (χ1v) is 12.7. The number of hydrogen-bond donors (Lipinski definition) is 2. The predicted octanol–water partition coefficient (Wildman–Crippen LogP) is 4.46. The van der Waals surface area contributed by atoms with E-state index in [1.54, 1.807) is 0 Å². The van der Waals surface area contributed by atoms with Crippen molar-refractivity contribution in [1.29, 1.82) is 0 Å². The fourth-order valence-electron chi connectivity index (χ4n) is 7.18. The molecule has 4 aliphatic rings. The van der Waals surface area contributed by atoms with Crippen LogP contribution in [0.2, 0.25) is 0 Å². The van der Waals surface area contributed by atoms with E-state index >= 15 is 0 Å². The summed E-state index contributed by atoms with van der Waals surface area (Å²) in [4.78, 5) is 7.01. The van der Waals surface area contributed by atoms with Crippen LogP contribution < -0.4 is 0 Å². The molecule has 0 amide bonds. The van der Waals surface area contributed by atoms with E-state index in [9.17, 15) is 10.2 Å². The van der Waals surface area contributed by atoms with Crippen LogP contribution in [0.3, 0.4) is 0 Å². The SMILES string of the molecule is CC(C)c1ccc([C@](O)(c2cccc(-c3noc(C45CC(CO)(C4)C5)n3)c2)C2(C)CN(C)C2)cc1. The van der Waals surface area contributed by atoms with Crippen LogP contribution in [0.5, 0.6) is 0 Å². The van der Waals surface area contributed by atoms with Gasteiger partial charge in [0, 0.05) is 30.7 Å². The zero-order valence-electron chi connectivity index (χ0n) is 21.1. The van der Waals surface area contributed by atoms with Crippen molar-refractivity contribution in [2.45, 2.75) is 57.0 Å². The van der Waals surface area contributed by atoms with Crippen molar-refractivity contribution >= 4 is 0 Å². The smallest absolute Gasteiger partial charge is 0.233 e. The number of nitrogens with zero attached hydrogens (tertiary/aromatic N) is 3. The molecule has 0 unspecified atom stereocenters. The van der Waals surface area contributed by atoms with Gasteiger partial charge in [-0.3, -0.25) is 0 Å². The number of likely N-dealkylation sites (tertiary alicyclic amines) is 1. The van der Waals surface area contributed by atoms with Gasteiger partial charge in [-0.25, -0.2) is 0 Å². The van der Waals surface area contributed by atoms with Crippen molar-refractivity contribution in [2.75, 3.05) is 26.7 Å². The average molecular weight is 474 g/mol. The van der Waals surface area contributed by atoms with Crippen molar-refractivity contribution in [1.82, 2.24) is 15.0 Å². The van der Waals surface area contributed by atoms with Gasteiger partial charge in [-0.05, 0) is 60.4 Å². The maximum Gasteiger partial charge on any atom is 0.233 e. The fourth-order valence-corrected chi connectivity index (χ4v) is 7.18. The molecule has 7 rings (SSSR count). The van der Waals surface area contributed by atoms with Crippen LogP contribution in [0.25, 0.3) is 11.4 Å². The van der Waals surface area contributed by atoms with Crippen LogP contribution in [0.15, 0.2) is 53.1 Å². The van der Waals surface area contributed by atoms with E-state index in [0.29, 0.717) is 17.6 Å². The van der Waals surface area contributed by atoms with E-state index in [1.165, 1.54) is 5.56 Å². The quantitative estimate of drug-likeness (QED) is 0.527. The van der Waals surface area contributed by atoms with Gasteiger partial charge in [0.2, 0.25) is 11.7 Å². The van der Waals surface area contributed by atoms with Gasteiger partial charge in [-0.1, -0.05) is 68.4 Å². The molecule has 0 spiro atoms. The van der Waals surface area contributed by atoms with Crippen LogP contribution >= 0.6 is 0 Å². The predicted molar refractivity (Wildman–Crippen MR) is 134 cm³/mol. The number of hydrogen-bond acceptors (Lipinski definition) is 6. The summed E-state index contributed by atoms with van der Waals surface area (Å²) in [6, 6.07) is 16.4. The largest absolute Gasteiger partial charge is 0.396 e. The Bertz CT molecular complexity index is 1240. The van der Waals surface area contributed by atoms with Gasteiger partial charge in [-0.2, -0.15) is 4.98 Å². The van der Waals surface area contributed by atoms with E-state index in [-0.39, 0.29) is 22.9 Å². The summed E-state index contributed by atoms with van der Waals surface area (Å²) in [5, 5.41) is 26.4. The number of aliphatic hydroxyl groups excluding tert-OH is 1. The van der Waals surface area contributed by atoms with Crippen LogP contribution in [-0.4, -0.2) is 52.0 Å². The number of aliphatic hydroxyl groups is 2. The Morgan fingerprint density at radius 2 is 1.74 bits per heavy atom. The minimum atomic E-state index is -1.15. The van der Waals surface area contributed by atoms with Gasteiger partial charge in [0.25, 0.3) is 0 Å². The molecule has 2 aromatic carbocycles. The highest BCUT2D eigenvalue weighted by molar-refractivity contribution is 5.58. The standard InChI is InChI=1S/C29H35N3O3/c1-19(2)20-8-10-22(11-9-20)29(34,26(3)16-32(4)17-26)23-7-5-6-21(12-23)24-30-25(35-31-24)28-13-27(14-28,15-28)18-33/h5-12,19,33-34H,13-18H2,1-4H3/t27?,28?,29-/m0/s1. The van der Waals surface area contributed by atoms with E-state index in [0.717, 1.165) is 49.0 Å². The highest BCUT2D eigenvalue weighted by atomic mass is 16.5. The molecule has 2 bridgehead atoms. The van der Waals surface area contributed by atoms with Crippen molar-refractivity contribution < 1.29 is 14.7 Å². The summed E-state index contributed by atoms with van der Waals surface area (Å²) in [5.41, 5.74) is 2.42. The molecule has 6 nitrogen and oxygen atoms in total. The summed E-state index contributed by atoms with van der Waals surface area (Å²) >= 11 is 0. The maximum atomic E-state index is 12.5. The van der Waals surface area contributed by atoms with E-state index in [1.807, 2.05) is 24.3 Å². The van der Waals surface area contributed by atoms with Gasteiger partial charge >= 0.3 is 0 Å². The van der Waals surface area contributed by atoms with Crippen LogP contribution in [0, 0.1) is 10.8 Å². The van der Waals surface area contributed by atoms with Crippen molar-refractivity contribution in [3.8, 4) is 11.4 Å². The molecule has 2 heterocycles. The number of aromatic nitrogens is 2. The lowest BCUT2D eigenvalue weighted by molar-refractivity contribution is -0.180. The second-order valence-corrected chi connectivity index (χ2v) is 12.2. The van der Waals surface area contributed by atoms with Crippen LogP contribution in [0.1, 0.15) is 68.5 Å². The van der Waals surface area contributed by atoms with Crippen molar-refractivity contribution in [3.05, 3.63) is 71.1 Å². The lowest BCUT2D eigenvalue weighted by Gasteiger charge is -2.68. The van der Waals surface area contributed by atoms with Gasteiger partial charge in [0.05, 0.1) is 5.41 Å². The minimum absolute atomic E-state index is 0.0471. The lowest BCUT2D eigenvalue weighted by atomic mass is 9.35. The van der Waals surface area contributed by atoms with E-state index in [4.69, 9.17) is 9.51 Å². The Morgan fingerprint density at radius 1 is 1.06 bits per heavy atom. The van der Waals surface area contributed by atoms with Gasteiger partial charge in [0.1, 0.15) is 5.60 Å². The zero-order valence-corrected chi connectivity index (χ0v) is 21.1. The monoisotopic (exact) mass is 473 g/mol. The molecular weight excluding hydrogens is 438 g/mol. The first-order chi connectivity index (χ1) is 16.6. The zero-order chi connectivity index (χ0) is 24.6. The summed E-state index contributed by atoms with van der Waals surface area (Å²) in [6.45, 7) is 8.39. The second-order valence-electron chi connectivity index (χ2n) is 12.2. The molecule has 1 aromatic heterocycles. The molecular formula is C29H35N3O3. The molecule has 3 aliphatic carbocycles. The molecule has 3 aromatic rings. The molecule has 0 radical (unpaired) electrons. The molecule has 4 fully saturated rings. The van der Waals surface area contributed by atoms with Gasteiger partial charge in [0.15, 0.2) is 0 Å². The summed E-state index contributed by atoms with van der Waals surface area (Å²) in [6.07, 6.45) is 2.78. The molecule has 6 heteroatoms. The topological polar surface area (TPSA) is 82.6 Å². The Morgan fingerprint density at radius 3 is 2.34 bits per heavy atom. The minimum Gasteiger partial charge on any atom is -0.396 e. The normalized spacial score (nSPS) is 28.7. The van der Waals surface area contributed by atoms with Crippen molar-refractivity contribution in [2.24, 2.45) is 10.8 Å². The third kappa shape index (κ3) is 3.19. The van der Waals surface area contributed by atoms with E-state index in [2.05, 4.69) is 62.1 Å². The summed E-state index contributed by atoms with van der Waals surface area (Å²) in [7, 11) is 2.09. The Hall–Kier alpha value is -2.54. The maximum absolute atomic E-state index is 12.5. The van der Waals surface area contributed by atoms with E-state index < -0.39 is 5.60 Å². The third-order valence-electron chi connectivity index (χ3n) is 9.00. The Kier molecular flexibility index (Phi) is 4.89. The van der Waals surface area contributed by atoms with Gasteiger partial charge in [-0.15, -0.1) is 0 Å². The van der Waals surface area contributed by atoms with Crippen molar-refractivity contribution in [3.63, 3.8) is 0 Å². The Labute approximate surface area is 207 Å².